The third-order valence-electron chi connectivity index (χ3n) is 10.8. The Morgan fingerprint density at radius 1 is 0.508 bits per heavy atom. The number of ether oxygens (including phenoxy) is 2. The molecule has 3 N–H and O–H groups in total. The summed E-state index contributed by atoms with van der Waals surface area (Å²) in [5.41, 5.74) is 5.35. The van der Waals surface area contributed by atoms with Crippen LogP contribution >= 0.6 is 7.82 Å². The predicted molar refractivity (Wildman–Crippen MR) is 247 cm³/mol. The topological polar surface area (TPSA) is 134 Å². The Bertz CT molecular complexity index is 1020. The van der Waals surface area contributed by atoms with Gasteiger partial charge in [0.25, 0.3) is 0 Å². The van der Waals surface area contributed by atoms with E-state index in [9.17, 15) is 19.0 Å². The first-order valence-electron chi connectivity index (χ1n) is 24.8. The van der Waals surface area contributed by atoms with Crippen LogP contribution in [0.1, 0.15) is 245 Å². The zero-order valence-corrected chi connectivity index (χ0v) is 39.4. The number of unbranched alkanes of at least 4 members (excludes halogenated alkanes) is 30. The average Bonchev–Trinajstić information content (AvgIpc) is 3.22. The highest BCUT2D eigenvalue weighted by Crippen LogP contribution is 2.43. The number of phosphoric acid groups is 1. The van der Waals surface area contributed by atoms with Crippen molar-refractivity contribution in [2.45, 2.75) is 251 Å². The molecule has 0 bridgehead atoms. The van der Waals surface area contributed by atoms with Gasteiger partial charge in [0.15, 0.2) is 6.10 Å². The summed E-state index contributed by atoms with van der Waals surface area (Å²) in [6.45, 7) is 3.73. The molecule has 0 aliphatic carbocycles. The molecule has 0 aromatic heterocycles. The van der Waals surface area contributed by atoms with Crippen LogP contribution in [0.15, 0.2) is 24.3 Å². The first-order valence-corrected chi connectivity index (χ1v) is 26.3. The standard InChI is InChI=1S/C49H94NO8P/c1-3-5-7-9-11-13-14-15-16-17-18-19-20-21-22-23-24-25-26-27-28-29-30-31-32-34-36-38-40-42-49(52)58-47(46-57-59(53,54)56-44-43-50)45-55-48(51)41-39-37-35-33-12-10-8-6-4-2/h14-15,17-18,47H,3-13,16,19-46,50H2,1-2H3,(H,53,54)/b15-14-,18-17-. The summed E-state index contributed by atoms with van der Waals surface area (Å²) in [4.78, 5) is 34.8. The first kappa shape index (κ1) is 57.5. The van der Waals surface area contributed by atoms with Crippen molar-refractivity contribution in [2.75, 3.05) is 26.4 Å². The van der Waals surface area contributed by atoms with E-state index in [1.54, 1.807) is 0 Å². The molecule has 2 unspecified atom stereocenters. The zero-order valence-electron chi connectivity index (χ0n) is 38.5. The van der Waals surface area contributed by atoms with Crippen molar-refractivity contribution in [3.05, 3.63) is 24.3 Å². The summed E-state index contributed by atoms with van der Waals surface area (Å²) >= 11 is 0. The second-order valence-electron chi connectivity index (χ2n) is 16.7. The van der Waals surface area contributed by atoms with Gasteiger partial charge in [-0.15, -0.1) is 0 Å². The third kappa shape index (κ3) is 45.8. The maximum atomic E-state index is 12.6. The number of allylic oxidation sites excluding steroid dienone is 4. The Hall–Kier alpha value is -1.51. The molecule has 0 rings (SSSR count). The van der Waals surface area contributed by atoms with Crippen molar-refractivity contribution in [1.29, 1.82) is 0 Å². The Morgan fingerprint density at radius 3 is 1.29 bits per heavy atom. The molecular weight excluding hydrogens is 762 g/mol. The van der Waals surface area contributed by atoms with E-state index in [-0.39, 0.29) is 38.6 Å². The Labute approximate surface area is 363 Å². The fourth-order valence-corrected chi connectivity index (χ4v) is 7.90. The number of nitrogens with two attached hydrogens (primary N) is 1. The van der Waals surface area contributed by atoms with Gasteiger partial charge in [0, 0.05) is 19.4 Å². The smallest absolute Gasteiger partial charge is 0.462 e. The lowest BCUT2D eigenvalue weighted by Crippen LogP contribution is -2.29. The molecule has 0 heterocycles. The van der Waals surface area contributed by atoms with Gasteiger partial charge in [-0.05, 0) is 44.9 Å². The minimum absolute atomic E-state index is 0.0559. The summed E-state index contributed by atoms with van der Waals surface area (Å²) in [6.07, 6.45) is 51.0. The molecule has 0 spiro atoms. The average molecular weight is 856 g/mol. The number of esters is 2. The van der Waals surface area contributed by atoms with Gasteiger partial charge in [-0.3, -0.25) is 18.6 Å². The molecule has 0 aliphatic rings. The van der Waals surface area contributed by atoms with Crippen LogP contribution in [0.2, 0.25) is 0 Å². The number of carbonyl (C=O) groups is 2. The van der Waals surface area contributed by atoms with Crippen LogP contribution in [-0.2, 0) is 32.7 Å². The number of carbonyl (C=O) groups excluding carboxylic acids is 2. The van der Waals surface area contributed by atoms with Crippen LogP contribution in [0.4, 0.5) is 0 Å². The summed E-state index contributed by atoms with van der Waals surface area (Å²) in [5.74, 6) is -0.821. The van der Waals surface area contributed by atoms with Crippen LogP contribution < -0.4 is 5.73 Å². The van der Waals surface area contributed by atoms with Gasteiger partial charge < -0.3 is 20.1 Å². The molecule has 0 fully saturated rings. The lowest BCUT2D eigenvalue weighted by atomic mass is 10.0. The monoisotopic (exact) mass is 856 g/mol. The van der Waals surface area contributed by atoms with E-state index in [1.165, 1.54) is 173 Å². The molecule has 348 valence electrons. The van der Waals surface area contributed by atoms with E-state index in [1.807, 2.05) is 0 Å². The zero-order chi connectivity index (χ0) is 43.2. The van der Waals surface area contributed by atoms with Gasteiger partial charge in [0.1, 0.15) is 6.61 Å². The molecule has 0 saturated carbocycles. The van der Waals surface area contributed by atoms with E-state index in [0.717, 1.165) is 38.5 Å². The van der Waals surface area contributed by atoms with Crippen molar-refractivity contribution in [2.24, 2.45) is 5.73 Å². The van der Waals surface area contributed by atoms with E-state index in [2.05, 4.69) is 38.2 Å². The quantitative estimate of drug-likeness (QED) is 0.0265. The van der Waals surface area contributed by atoms with Gasteiger partial charge >= 0.3 is 19.8 Å². The Kier molecular flexibility index (Phi) is 44.8. The summed E-state index contributed by atoms with van der Waals surface area (Å²) in [5, 5.41) is 0. The van der Waals surface area contributed by atoms with Crippen LogP contribution in [0.5, 0.6) is 0 Å². The Morgan fingerprint density at radius 2 is 0.881 bits per heavy atom. The lowest BCUT2D eigenvalue weighted by Gasteiger charge is -2.19. The number of hydrogen-bond donors (Lipinski definition) is 2. The van der Waals surface area contributed by atoms with Gasteiger partial charge in [-0.1, -0.05) is 212 Å². The fourth-order valence-electron chi connectivity index (χ4n) is 7.14. The SMILES string of the molecule is CCCCCCC/C=C\C/C=C\CCCCCCCCCCCCCCCCCCCC(=O)OC(COC(=O)CCCCCCCCCCC)COP(=O)(O)OCCN. The van der Waals surface area contributed by atoms with Gasteiger partial charge in [0.05, 0.1) is 13.2 Å². The highest BCUT2D eigenvalue weighted by molar-refractivity contribution is 7.47. The number of rotatable bonds is 47. The van der Waals surface area contributed by atoms with Crippen LogP contribution in [0.25, 0.3) is 0 Å². The minimum atomic E-state index is -4.37. The van der Waals surface area contributed by atoms with Crippen LogP contribution in [0, 0.1) is 0 Å². The van der Waals surface area contributed by atoms with Gasteiger partial charge in [0.2, 0.25) is 0 Å². The predicted octanol–water partition coefficient (Wildman–Crippen LogP) is 14.7. The fraction of sp³-hybridized carbons (Fsp3) is 0.878. The van der Waals surface area contributed by atoms with Crippen molar-refractivity contribution in [3.8, 4) is 0 Å². The van der Waals surface area contributed by atoms with Crippen molar-refractivity contribution in [3.63, 3.8) is 0 Å². The van der Waals surface area contributed by atoms with Crippen molar-refractivity contribution < 1.29 is 37.6 Å². The number of hydrogen-bond acceptors (Lipinski definition) is 8. The Balaban J connectivity index is 3.86. The summed E-state index contributed by atoms with van der Waals surface area (Å²) in [7, 11) is -4.37. The van der Waals surface area contributed by atoms with Crippen LogP contribution in [0.3, 0.4) is 0 Å². The van der Waals surface area contributed by atoms with Gasteiger partial charge in [-0.25, -0.2) is 4.57 Å². The largest absolute Gasteiger partial charge is 0.472 e. The first-order chi connectivity index (χ1) is 28.8. The molecule has 0 radical (unpaired) electrons. The van der Waals surface area contributed by atoms with Gasteiger partial charge in [-0.2, -0.15) is 0 Å². The molecule has 59 heavy (non-hydrogen) atoms. The molecule has 0 aliphatic heterocycles. The highest BCUT2D eigenvalue weighted by Gasteiger charge is 2.26. The lowest BCUT2D eigenvalue weighted by molar-refractivity contribution is -0.161. The molecule has 9 nitrogen and oxygen atoms in total. The van der Waals surface area contributed by atoms with E-state index < -0.39 is 26.5 Å². The second kappa shape index (κ2) is 46.0. The van der Waals surface area contributed by atoms with Crippen molar-refractivity contribution >= 4 is 19.8 Å². The van der Waals surface area contributed by atoms with E-state index in [0.29, 0.717) is 6.42 Å². The molecule has 10 heteroatoms. The number of phosphoric ester groups is 1. The second-order valence-corrected chi connectivity index (χ2v) is 18.1. The molecule has 2 atom stereocenters. The molecule has 0 amide bonds. The molecule has 0 aromatic carbocycles. The van der Waals surface area contributed by atoms with E-state index >= 15 is 0 Å². The maximum absolute atomic E-state index is 12.6. The molecule has 0 saturated heterocycles. The summed E-state index contributed by atoms with van der Waals surface area (Å²) in [6, 6.07) is 0. The summed E-state index contributed by atoms with van der Waals surface area (Å²) < 4.78 is 32.8. The van der Waals surface area contributed by atoms with Crippen LogP contribution in [-0.4, -0.2) is 49.3 Å². The molecule has 0 aromatic rings. The maximum Gasteiger partial charge on any atom is 0.472 e. The highest BCUT2D eigenvalue weighted by atomic mass is 31.2. The normalized spacial score (nSPS) is 13.4. The van der Waals surface area contributed by atoms with Crippen molar-refractivity contribution in [1.82, 2.24) is 0 Å². The molecular formula is C49H94NO8P. The third-order valence-corrected chi connectivity index (χ3v) is 11.8. The van der Waals surface area contributed by atoms with E-state index in [4.69, 9.17) is 24.3 Å². The minimum Gasteiger partial charge on any atom is -0.462 e.